The van der Waals surface area contributed by atoms with Crippen molar-refractivity contribution in [1.29, 1.82) is 5.26 Å². The first-order valence-corrected chi connectivity index (χ1v) is 14.9. The topological polar surface area (TPSA) is 45.5 Å². The van der Waals surface area contributed by atoms with E-state index in [4.69, 9.17) is 14.3 Å². The van der Waals surface area contributed by atoms with Crippen LogP contribution in [0.1, 0.15) is 144 Å². The van der Waals surface area contributed by atoms with E-state index in [9.17, 15) is 0 Å². The van der Waals surface area contributed by atoms with Crippen molar-refractivity contribution in [3.05, 3.63) is 0 Å². The van der Waals surface area contributed by atoms with Crippen molar-refractivity contribution in [3.8, 4) is 6.07 Å². The molecular weight excluding hydrogens is 415 g/mol. The molecule has 1 atom stereocenters. The summed E-state index contributed by atoms with van der Waals surface area (Å²) in [6.07, 6.45) is 22.5. The van der Waals surface area contributed by atoms with Gasteiger partial charge < -0.3 is 9.05 Å². The number of nitriles is 1. The standard InChI is InChI=1S/C27H55N2O2P/c1-6-7-8-9-10-11-12-13-14-15-16-17-18-19-20-21-24-30-32(31-25-22-23-28)29(26(2)3)27(4)5/h26-27H,6-22,24-25H2,1-5H3. The lowest BCUT2D eigenvalue weighted by Crippen LogP contribution is -2.33. The fraction of sp³-hybridized carbons (Fsp3) is 0.963. The minimum atomic E-state index is -1.08. The molecule has 0 spiro atoms. The molecule has 190 valence electrons. The van der Waals surface area contributed by atoms with Crippen molar-refractivity contribution in [2.75, 3.05) is 13.2 Å². The fourth-order valence-electron chi connectivity index (χ4n) is 4.11. The molecular formula is C27H55N2O2P. The van der Waals surface area contributed by atoms with Crippen molar-refractivity contribution in [2.24, 2.45) is 0 Å². The molecule has 0 rings (SSSR count). The Kier molecular flexibility index (Phi) is 23.8. The molecule has 0 amide bonds. The molecule has 4 nitrogen and oxygen atoms in total. The van der Waals surface area contributed by atoms with Crippen molar-refractivity contribution in [3.63, 3.8) is 0 Å². The van der Waals surface area contributed by atoms with Gasteiger partial charge in [0.25, 0.3) is 8.53 Å². The highest BCUT2D eigenvalue weighted by molar-refractivity contribution is 7.44. The largest absolute Gasteiger partial charge is 0.322 e. The van der Waals surface area contributed by atoms with Crippen molar-refractivity contribution in [1.82, 2.24) is 4.67 Å². The first-order chi connectivity index (χ1) is 15.5. The molecule has 0 aliphatic carbocycles. The van der Waals surface area contributed by atoms with Crippen LogP contribution in [0.25, 0.3) is 0 Å². The molecule has 0 heterocycles. The smallest absolute Gasteiger partial charge is 0.259 e. The summed E-state index contributed by atoms with van der Waals surface area (Å²) in [5.74, 6) is 0. The molecule has 0 saturated heterocycles. The van der Waals surface area contributed by atoms with Gasteiger partial charge in [0, 0.05) is 12.1 Å². The van der Waals surface area contributed by atoms with Crippen LogP contribution >= 0.6 is 8.53 Å². The van der Waals surface area contributed by atoms with Crippen molar-refractivity contribution >= 4 is 8.53 Å². The molecule has 5 heteroatoms. The molecule has 0 saturated carbocycles. The van der Waals surface area contributed by atoms with E-state index < -0.39 is 8.53 Å². The molecule has 0 bridgehead atoms. The Hall–Kier alpha value is -0.200. The van der Waals surface area contributed by atoms with E-state index in [1.165, 1.54) is 96.3 Å². The maximum atomic E-state index is 8.79. The van der Waals surface area contributed by atoms with Gasteiger partial charge in [-0.3, -0.25) is 0 Å². The average Bonchev–Trinajstić information content (AvgIpc) is 2.75. The molecule has 0 aromatic heterocycles. The summed E-state index contributed by atoms with van der Waals surface area (Å²) < 4.78 is 14.4. The zero-order valence-electron chi connectivity index (χ0n) is 22.2. The normalized spacial score (nSPS) is 12.7. The van der Waals surface area contributed by atoms with E-state index in [0.717, 1.165) is 13.0 Å². The van der Waals surface area contributed by atoms with E-state index in [0.29, 0.717) is 25.1 Å². The highest BCUT2D eigenvalue weighted by Crippen LogP contribution is 2.46. The van der Waals surface area contributed by atoms with Gasteiger partial charge >= 0.3 is 0 Å². The molecule has 0 aromatic carbocycles. The summed E-state index contributed by atoms with van der Waals surface area (Å²) in [6, 6.07) is 2.90. The third kappa shape index (κ3) is 19.3. The number of unbranched alkanes of at least 4 members (excludes halogenated alkanes) is 15. The van der Waals surface area contributed by atoms with Gasteiger partial charge in [0.1, 0.15) is 0 Å². The van der Waals surface area contributed by atoms with Gasteiger partial charge in [0.2, 0.25) is 0 Å². The average molecular weight is 471 g/mol. The van der Waals surface area contributed by atoms with Crippen LogP contribution in [-0.4, -0.2) is 30.0 Å². The Bertz CT molecular complexity index is 418. The second-order valence-electron chi connectivity index (χ2n) is 9.68. The molecule has 1 unspecified atom stereocenters. The first-order valence-electron chi connectivity index (χ1n) is 13.8. The molecule has 0 aromatic rings. The summed E-state index contributed by atoms with van der Waals surface area (Å²) in [6.45, 7) is 12.2. The van der Waals surface area contributed by atoms with Crippen molar-refractivity contribution in [2.45, 2.75) is 156 Å². The zero-order valence-corrected chi connectivity index (χ0v) is 23.1. The second-order valence-corrected chi connectivity index (χ2v) is 11.1. The number of hydrogen-bond acceptors (Lipinski definition) is 4. The van der Waals surface area contributed by atoms with Gasteiger partial charge in [0.05, 0.1) is 25.7 Å². The minimum absolute atomic E-state index is 0.369. The van der Waals surface area contributed by atoms with Gasteiger partial charge in [-0.15, -0.1) is 0 Å². The van der Waals surface area contributed by atoms with E-state index in [1.807, 2.05) is 0 Å². The molecule has 0 fully saturated rings. The highest BCUT2D eigenvalue weighted by atomic mass is 31.2. The summed E-state index contributed by atoms with van der Waals surface area (Å²) in [7, 11) is -1.08. The van der Waals surface area contributed by atoms with Gasteiger partial charge in [-0.25, -0.2) is 4.67 Å². The Morgan fingerprint density at radius 2 is 1.00 bits per heavy atom. The van der Waals surface area contributed by atoms with E-state index in [-0.39, 0.29) is 0 Å². The Labute approximate surface area is 202 Å². The van der Waals surface area contributed by atoms with Crippen LogP contribution in [0, 0.1) is 11.3 Å². The Morgan fingerprint density at radius 3 is 1.38 bits per heavy atom. The first kappa shape index (κ1) is 31.8. The van der Waals surface area contributed by atoms with Crippen LogP contribution in [-0.2, 0) is 9.05 Å². The second kappa shape index (κ2) is 23.9. The molecule has 0 radical (unpaired) electrons. The van der Waals surface area contributed by atoms with Crippen LogP contribution in [0.2, 0.25) is 0 Å². The number of rotatable bonds is 24. The Morgan fingerprint density at radius 1 is 0.625 bits per heavy atom. The van der Waals surface area contributed by atoms with Gasteiger partial charge in [-0.1, -0.05) is 103 Å². The summed E-state index contributed by atoms with van der Waals surface area (Å²) in [4.78, 5) is 0. The molecule has 32 heavy (non-hydrogen) atoms. The summed E-state index contributed by atoms with van der Waals surface area (Å²) in [5.41, 5.74) is 0. The van der Waals surface area contributed by atoms with Gasteiger partial charge in [-0.2, -0.15) is 5.26 Å². The van der Waals surface area contributed by atoms with Crippen LogP contribution < -0.4 is 0 Å². The fourth-order valence-corrected chi connectivity index (χ4v) is 5.73. The van der Waals surface area contributed by atoms with Crippen LogP contribution in [0.15, 0.2) is 0 Å². The lowest BCUT2D eigenvalue weighted by atomic mass is 10.0. The summed E-state index contributed by atoms with van der Waals surface area (Å²) in [5, 5.41) is 8.79. The molecule has 0 aliphatic heterocycles. The van der Waals surface area contributed by atoms with Gasteiger partial charge in [0.15, 0.2) is 0 Å². The monoisotopic (exact) mass is 470 g/mol. The molecule has 0 N–H and O–H groups in total. The number of hydrogen-bond donors (Lipinski definition) is 0. The Balaban J connectivity index is 3.65. The van der Waals surface area contributed by atoms with E-state index in [2.05, 4.69) is 45.4 Å². The van der Waals surface area contributed by atoms with Crippen LogP contribution in [0.5, 0.6) is 0 Å². The predicted octanol–water partition coefficient (Wildman–Crippen LogP) is 9.54. The molecule has 0 aliphatic rings. The minimum Gasteiger partial charge on any atom is -0.322 e. The summed E-state index contributed by atoms with van der Waals surface area (Å²) >= 11 is 0. The lowest BCUT2D eigenvalue weighted by Gasteiger charge is -2.35. The van der Waals surface area contributed by atoms with Crippen LogP contribution in [0.4, 0.5) is 0 Å². The zero-order chi connectivity index (χ0) is 23.9. The van der Waals surface area contributed by atoms with Crippen LogP contribution in [0.3, 0.4) is 0 Å². The van der Waals surface area contributed by atoms with Crippen molar-refractivity contribution < 1.29 is 9.05 Å². The third-order valence-electron chi connectivity index (χ3n) is 5.86. The SMILES string of the molecule is CCCCCCCCCCCCCCCCCCOP(OCCC#N)N(C(C)C)C(C)C. The third-order valence-corrected chi connectivity index (χ3v) is 7.97. The lowest BCUT2D eigenvalue weighted by molar-refractivity contribution is 0.174. The number of nitrogens with zero attached hydrogens (tertiary/aromatic N) is 2. The predicted molar refractivity (Wildman–Crippen MR) is 141 cm³/mol. The van der Waals surface area contributed by atoms with Gasteiger partial charge in [-0.05, 0) is 34.1 Å². The van der Waals surface area contributed by atoms with E-state index in [1.54, 1.807) is 0 Å². The van der Waals surface area contributed by atoms with E-state index >= 15 is 0 Å². The maximum Gasteiger partial charge on any atom is 0.259 e. The quantitative estimate of drug-likeness (QED) is 0.104. The maximum absolute atomic E-state index is 8.79. The highest BCUT2D eigenvalue weighted by Gasteiger charge is 2.26.